The van der Waals surface area contributed by atoms with E-state index in [1.807, 2.05) is 32.0 Å². The highest BCUT2D eigenvalue weighted by Crippen LogP contribution is 2.23. The Hall–Kier alpha value is -4.08. The summed E-state index contributed by atoms with van der Waals surface area (Å²) in [7, 11) is 0. The highest BCUT2D eigenvalue weighted by Gasteiger charge is 2.33. The average molecular weight is 433 g/mol. The fourth-order valence-electron chi connectivity index (χ4n) is 3.21. The predicted molar refractivity (Wildman–Crippen MR) is 117 cm³/mol. The normalized spacial score (nSPS) is 17.0. The molecule has 1 aliphatic heterocycles. The smallest absolute Gasteiger partial charge is 0.288 e. The van der Waals surface area contributed by atoms with Crippen LogP contribution in [0.1, 0.15) is 32.7 Å². The number of hydrogen-bond donors (Lipinski definition) is 2. The molecule has 0 spiro atoms. The van der Waals surface area contributed by atoms with E-state index in [0.29, 0.717) is 11.5 Å². The molecule has 1 aliphatic rings. The number of amides is 2. The number of aromatic nitrogens is 3. The van der Waals surface area contributed by atoms with E-state index in [9.17, 15) is 9.59 Å². The molecule has 0 radical (unpaired) electrons. The first kappa shape index (κ1) is 21.2. The van der Waals surface area contributed by atoms with E-state index < -0.39 is 18.0 Å². The van der Waals surface area contributed by atoms with E-state index in [-0.39, 0.29) is 23.6 Å². The Morgan fingerprint density at radius 2 is 1.88 bits per heavy atom. The van der Waals surface area contributed by atoms with Crippen molar-refractivity contribution < 1.29 is 14.1 Å². The van der Waals surface area contributed by atoms with Crippen molar-refractivity contribution in [1.29, 1.82) is 0 Å². The monoisotopic (exact) mass is 433 g/mol. The maximum Gasteiger partial charge on any atom is 0.288 e. The largest absolute Gasteiger partial charge is 0.337 e. The first-order chi connectivity index (χ1) is 15.4. The minimum Gasteiger partial charge on any atom is -0.337 e. The van der Waals surface area contributed by atoms with Crippen LogP contribution in [0, 0.1) is 5.92 Å². The Morgan fingerprint density at radius 1 is 1.16 bits per heavy atom. The number of aliphatic imine (C=N–C) groups is 1. The van der Waals surface area contributed by atoms with Gasteiger partial charge in [-0.1, -0.05) is 37.2 Å². The summed E-state index contributed by atoms with van der Waals surface area (Å²) in [5, 5.41) is 8.24. The highest BCUT2D eigenvalue weighted by atomic mass is 16.5. The van der Waals surface area contributed by atoms with E-state index in [0.717, 1.165) is 5.56 Å². The maximum absolute atomic E-state index is 13.1. The number of carbonyl (C=O) groups is 2. The van der Waals surface area contributed by atoms with Crippen LogP contribution < -0.4 is 15.8 Å². The van der Waals surface area contributed by atoms with Crippen molar-refractivity contribution in [2.24, 2.45) is 10.9 Å². The maximum atomic E-state index is 13.1. The molecular weight excluding hydrogens is 410 g/mol. The van der Waals surface area contributed by atoms with Gasteiger partial charge < -0.3 is 9.84 Å². The van der Waals surface area contributed by atoms with E-state index >= 15 is 0 Å². The zero-order chi connectivity index (χ0) is 22.7. The number of anilines is 1. The lowest BCUT2D eigenvalue weighted by molar-refractivity contribution is -0.120. The fraction of sp³-hybridized carbons (Fsp3) is 0.273. The number of rotatable bonds is 6. The first-order valence-corrected chi connectivity index (χ1v) is 10.2. The van der Waals surface area contributed by atoms with Crippen molar-refractivity contribution in [2.75, 3.05) is 5.01 Å². The molecule has 2 atom stereocenters. The van der Waals surface area contributed by atoms with Crippen molar-refractivity contribution in [2.45, 2.75) is 32.9 Å². The number of hydrazine groups is 1. The van der Waals surface area contributed by atoms with Crippen LogP contribution in [-0.2, 0) is 9.59 Å². The van der Waals surface area contributed by atoms with Crippen LogP contribution in [0.4, 0.5) is 5.69 Å². The Kier molecular flexibility index (Phi) is 5.93. The van der Waals surface area contributed by atoms with Gasteiger partial charge in [-0.15, -0.1) is 0 Å². The molecule has 164 valence electrons. The Labute approximate surface area is 184 Å². The minimum atomic E-state index is -0.712. The van der Waals surface area contributed by atoms with Gasteiger partial charge in [-0.25, -0.2) is 10.0 Å². The van der Waals surface area contributed by atoms with Crippen LogP contribution in [0.5, 0.6) is 0 Å². The van der Waals surface area contributed by atoms with Crippen LogP contribution in [0.25, 0.3) is 11.4 Å². The first-order valence-electron chi connectivity index (χ1n) is 10.2. The van der Waals surface area contributed by atoms with Crippen molar-refractivity contribution in [3.63, 3.8) is 0 Å². The summed E-state index contributed by atoms with van der Waals surface area (Å²) in [5.74, 6) is -0.0659. The summed E-state index contributed by atoms with van der Waals surface area (Å²) in [6.45, 7) is 5.50. The number of para-hydroxylation sites is 1. The molecule has 0 saturated carbocycles. The molecule has 3 heterocycles. The number of nitrogens with one attached hydrogen (secondary N) is 2. The average Bonchev–Trinajstić information content (AvgIpc) is 3.30. The van der Waals surface area contributed by atoms with Gasteiger partial charge in [0.2, 0.25) is 17.6 Å². The van der Waals surface area contributed by atoms with Gasteiger partial charge >= 0.3 is 0 Å². The molecule has 10 heteroatoms. The van der Waals surface area contributed by atoms with Gasteiger partial charge in [-0.2, -0.15) is 4.98 Å². The summed E-state index contributed by atoms with van der Waals surface area (Å²) in [6.07, 6.45) is 3.28. The second-order valence-electron chi connectivity index (χ2n) is 7.66. The van der Waals surface area contributed by atoms with E-state index in [4.69, 9.17) is 4.52 Å². The molecule has 0 aliphatic carbocycles. The summed E-state index contributed by atoms with van der Waals surface area (Å²) < 4.78 is 5.44. The summed E-state index contributed by atoms with van der Waals surface area (Å²) in [4.78, 5) is 38.3. The van der Waals surface area contributed by atoms with Crippen molar-refractivity contribution in [1.82, 2.24) is 25.9 Å². The molecule has 0 bridgehead atoms. The standard InChI is InChI=1S/C22H23N7O3/c1-13(2)17(21-26-18(28-32-21)15-9-11-23-12-10-15)25-20(30)19-24-14(3)22(31)29(27-19)16-7-5-4-6-8-16/h4-14,17H,1-3H3,(H,24,27)(H,25,30). The lowest BCUT2D eigenvalue weighted by Gasteiger charge is -2.31. The number of pyridine rings is 1. The van der Waals surface area contributed by atoms with Gasteiger partial charge in [-0.05, 0) is 37.1 Å². The van der Waals surface area contributed by atoms with Crippen molar-refractivity contribution in [3.8, 4) is 11.4 Å². The highest BCUT2D eigenvalue weighted by molar-refractivity contribution is 6.39. The molecule has 0 fully saturated rings. The van der Waals surface area contributed by atoms with E-state index in [1.165, 1.54) is 5.01 Å². The third kappa shape index (κ3) is 4.34. The molecule has 1 aromatic carbocycles. The second kappa shape index (κ2) is 8.96. The van der Waals surface area contributed by atoms with Crippen LogP contribution in [0.15, 0.2) is 64.4 Å². The van der Waals surface area contributed by atoms with Crippen molar-refractivity contribution in [3.05, 3.63) is 60.7 Å². The Morgan fingerprint density at radius 3 is 2.56 bits per heavy atom. The molecule has 32 heavy (non-hydrogen) atoms. The zero-order valence-corrected chi connectivity index (χ0v) is 17.9. The second-order valence-corrected chi connectivity index (χ2v) is 7.66. The topological polar surface area (TPSA) is 126 Å². The summed E-state index contributed by atoms with van der Waals surface area (Å²) in [6, 6.07) is 11.3. The van der Waals surface area contributed by atoms with Gasteiger partial charge in [0, 0.05) is 18.0 Å². The summed E-state index contributed by atoms with van der Waals surface area (Å²) >= 11 is 0. The molecular formula is C22H23N7O3. The molecule has 2 aromatic heterocycles. The van der Waals surface area contributed by atoms with Crippen molar-refractivity contribution >= 4 is 23.3 Å². The minimum absolute atomic E-state index is 0.0282. The van der Waals surface area contributed by atoms with E-state index in [1.54, 1.807) is 43.6 Å². The van der Waals surface area contributed by atoms with Gasteiger partial charge in [0.1, 0.15) is 12.1 Å². The Balaban J connectivity index is 1.54. The predicted octanol–water partition coefficient (Wildman–Crippen LogP) is 2.28. The molecule has 3 aromatic rings. The van der Waals surface area contributed by atoms with Gasteiger partial charge in [-0.3, -0.25) is 20.0 Å². The molecule has 2 unspecified atom stereocenters. The Bertz CT molecular complexity index is 1130. The van der Waals surface area contributed by atoms with Crippen LogP contribution in [0.2, 0.25) is 0 Å². The molecule has 10 nitrogen and oxygen atoms in total. The molecule has 0 saturated heterocycles. The van der Waals surface area contributed by atoms with Gasteiger partial charge in [0.05, 0.1) is 5.69 Å². The molecule has 4 rings (SSSR count). The third-order valence-corrected chi connectivity index (χ3v) is 4.95. The lowest BCUT2D eigenvalue weighted by Crippen LogP contribution is -2.58. The van der Waals surface area contributed by atoms with Crippen LogP contribution in [-0.4, -0.2) is 38.8 Å². The number of nitrogens with zero attached hydrogens (tertiary/aromatic N) is 5. The molecule has 2 amide bonds. The number of carbonyl (C=O) groups excluding carboxylic acids is 2. The fourth-order valence-corrected chi connectivity index (χ4v) is 3.21. The summed E-state index contributed by atoms with van der Waals surface area (Å²) in [5.41, 5.74) is 4.20. The SMILES string of the molecule is CC1N=C(C(=O)NC(c2nc(-c3ccncc3)no2)C(C)C)NN(c2ccccc2)C1=O. The van der Waals surface area contributed by atoms with Crippen LogP contribution >= 0.6 is 0 Å². The van der Waals surface area contributed by atoms with Gasteiger partial charge in [0.25, 0.3) is 11.8 Å². The number of hydrogen-bond acceptors (Lipinski definition) is 8. The lowest BCUT2D eigenvalue weighted by atomic mass is 10.0. The number of amidine groups is 1. The molecule has 2 N–H and O–H groups in total. The quantitative estimate of drug-likeness (QED) is 0.611. The van der Waals surface area contributed by atoms with Gasteiger partial charge in [0.15, 0.2) is 0 Å². The number of benzene rings is 1. The third-order valence-electron chi connectivity index (χ3n) is 4.95. The van der Waals surface area contributed by atoms with E-state index in [2.05, 4.69) is 30.9 Å². The van der Waals surface area contributed by atoms with Crippen LogP contribution in [0.3, 0.4) is 0 Å². The zero-order valence-electron chi connectivity index (χ0n) is 17.9.